The van der Waals surface area contributed by atoms with E-state index in [0.717, 1.165) is 25.2 Å². The van der Waals surface area contributed by atoms with Gasteiger partial charge in [-0.25, -0.2) is 13.1 Å². The fourth-order valence-corrected chi connectivity index (χ4v) is 3.99. The standard InChI is InChI=1S/C11H12FN3O4S/c12-9-3-6(1-2-10(9)15(16)17)20(18,19)14-11-7-4-13-5-8(7)11/h1-3,7-8,11,13-14H,4-5H2. The zero-order valence-electron chi connectivity index (χ0n) is 10.2. The van der Waals surface area contributed by atoms with Crippen LogP contribution in [0.1, 0.15) is 0 Å². The van der Waals surface area contributed by atoms with Crippen LogP contribution in [-0.2, 0) is 10.0 Å². The third-order valence-corrected chi connectivity index (χ3v) is 5.27. The molecular formula is C11H12FN3O4S. The minimum Gasteiger partial charge on any atom is -0.316 e. The van der Waals surface area contributed by atoms with Crippen molar-refractivity contribution in [1.82, 2.24) is 10.0 Å². The number of hydrogen-bond acceptors (Lipinski definition) is 5. The molecule has 3 rings (SSSR count). The molecular weight excluding hydrogens is 289 g/mol. The predicted octanol–water partition coefficient (Wildman–Crippen LogP) is 0.230. The van der Waals surface area contributed by atoms with Crippen molar-refractivity contribution < 1.29 is 17.7 Å². The number of nitro benzene ring substituents is 1. The van der Waals surface area contributed by atoms with E-state index in [1.165, 1.54) is 0 Å². The van der Waals surface area contributed by atoms with Crippen LogP contribution in [0.25, 0.3) is 0 Å². The molecule has 2 fully saturated rings. The van der Waals surface area contributed by atoms with Gasteiger partial charge in [0.2, 0.25) is 15.8 Å². The second kappa shape index (κ2) is 4.47. The summed E-state index contributed by atoms with van der Waals surface area (Å²) in [6.45, 7) is 1.54. The van der Waals surface area contributed by atoms with E-state index in [1.807, 2.05) is 0 Å². The van der Waals surface area contributed by atoms with E-state index in [4.69, 9.17) is 0 Å². The smallest absolute Gasteiger partial charge is 0.304 e. The highest BCUT2D eigenvalue weighted by Crippen LogP contribution is 2.42. The molecule has 108 valence electrons. The molecule has 0 aromatic heterocycles. The Kier molecular flexibility index (Phi) is 3.00. The Hall–Kier alpha value is -1.58. The molecule has 2 aliphatic rings. The second-order valence-electron chi connectivity index (χ2n) is 5.00. The fraction of sp³-hybridized carbons (Fsp3) is 0.455. The maximum Gasteiger partial charge on any atom is 0.304 e. The normalized spacial score (nSPS) is 28.1. The number of nitrogens with one attached hydrogen (secondary N) is 2. The largest absolute Gasteiger partial charge is 0.316 e. The van der Waals surface area contributed by atoms with Crippen LogP contribution >= 0.6 is 0 Å². The monoisotopic (exact) mass is 301 g/mol. The van der Waals surface area contributed by atoms with Gasteiger partial charge in [-0.3, -0.25) is 10.1 Å². The van der Waals surface area contributed by atoms with Crippen LogP contribution in [0.15, 0.2) is 23.1 Å². The van der Waals surface area contributed by atoms with Crippen molar-refractivity contribution in [2.45, 2.75) is 10.9 Å². The van der Waals surface area contributed by atoms with Crippen molar-refractivity contribution in [1.29, 1.82) is 0 Å². The number of fused-ring (bicyclic) bond motifs is 1. The van der Waals surface area contributed by atoms with Crippen LogP contribution in [0, 0.1) is 27.8 Å². The predicted molar refractivity (Wildman–Crippen MR) is 67.0 cm³/mol. The number of nitrogens with zero attached hydrogens (tertiary/aromatic N) is 1. The zero-order chi connectivity index (χ0) is 14.5. The van der Waals surface area contributed by atoms with Gasteiger partial charge in [0.1, 0.15) is 0 Å². The molecule has 1 saturated carbocycles. The third kappa shape index (κ3) is 2.17. The Morgan fingerprint density at radius 1 is 1.35 bits per heavy atom. The average molecular weight is 301 g/mol. The molecule has 1 aromatic rings. The first-order chi connectivity index (χ1) is 9.40. The van der Waals surface area contributed by atoms with Gasteiger partial charge in [0, 0.05) is 18.2 Å². The van der Waals surface area contributed by atoms with Crippen LogP contribution < -0.4 is 10.0 Å². The summed E-state index contributed by atoms with van der Waals surface area (Å²) in [7, 11) is -3.84. The number of benzene rings is 1. The van der Waals surface area contributed by atoms with E-state index in [-0.39, 0.29) is 22.8 Å². The Labute approximate surface area is 114 Å². The summed E-state index contributed by atoms with van der Waals surface area (Å²) in [6.07, 6.45) is 0. The van der Waals surface area contributed by atoms with Crippen molar-refractivity contribution in [3.8, 4) is 0 Å². The lowest BCUT2D eigenvalue weighted by Crippen LogP contribution is -2.32. The van der Waals surface area contributed by atoms with Gasteiger partial charge in [-0.15, -0.1) is 0 Å². The van der Waals surface area contributed by atoms with Crippen LogP contribution in [0.3, 0.4) is 0 Å². The molecule has 1 aliphatic heterocycles. The molecule has 2 atom stereocenters. The van der Waals surface area contributed by atoms with Crippen molar-refractivity contribution >= 4 is 15.7 Å². The van der Waals surface area contributed by atoms with Gasteiger partial charge >= 0.3 is 5.69 Å². The summed E-state index contributed by atoms with van der Waals surface area (Å²) in [5.41, 5.74) is -0.739. The molecule has 2 unspecified atom stereocenters. The molecule has 9 heteroatoms. The maximum absolute atomic E-state index is 13.5. The highest BCUT2D eigenvalue weighted by atomic mass is 32.2. The van der Waals surface area contributed by atoms with Gasteiger partial charge in [0.15, 0.2) is 0 Å². The van der Waals surface area contributed by atoms with Crippen molar-refractivity contribution in [3.63, 3.8) is 0 Å². The van der Waals surface area contributed by atoms with Gasteiger partial charge in [-0.2, -0.15) is 4.39 Å². The van der Waals surface area contributed by atoms with Crippen LogP contribution in [0.4, 0.5) is 10.1 Å². The second-order valence-corrected chi connectivity index (χ2v) is 6.72. The minimum atomic E-state index is -3.84. The first-order valence-corrected chi connectivity index (χ1v) is 7.55. The van der Waals surface area contributed by atoms with Crippen LogP contribution in [0.5, 0.6) is 0 Å². The molecule has 0 spiro atoms. The summed E-state index contributed by atoms with van der Waals surface area (Å²) in [5.74, 6) is -0.587. The lowest BCUT2D eigenvalue weighted by molar-refractivity contribution is -0.387. The van der Waals surface area contributed by atoms with E-state index in [2.05, 4.69) is 10.0 Å². The summed E-state index contributed by atoms with van der Waals surface area (Å²) in [6, 6.07) is 2.45. The number of sulfonamides is 1. The van der Waals surface area contributed by atoms with Gasteiger partial charge in [-0.1, -0.05) is 0 Å². The number of nitro groups is 1. The first kappa shape index (κ1) is 13.4. The van der Waals surface area contributed by atoms with Gasteiger partial charge < -0.3 is 5.32 Å². The SMILES string of the molecule is O=[N+]([O-])c1ccc(S(=O)(=O)NC2C3CNCC32)cc1F. The zero-order valence-corrected chi connectivity index (χ0v) is 11.1. The average Bonchev–Trinajstić information content (AvgIpc) is 2.82. The molecule has 2 N–H and O–H groups in total. The molecule has 20 heavy (non-hydrogen) atoms. The summed E-state index contributed by atoms with van der Waals surface area (Å²) >= 11 is 0. The number of halogens is 1. The highest BCUT2D eigenvalue weighted by Gasteiger charge is 2.54. The van der Waals surface area contributed by atoms with E-state index in [1.54, 1.807) is 0 Å². The van der Waals surface area contributed by atoms with E-state index in [0.29, 0.717) is 6.07 Å². The van der Waals surface area contributed by atoms with Gasteiger partial charge in [0.05, 0.1) is 9.82 Å². The van der Waals surface area contributed by atoms with Gasteiger partial charge in [-0.05, 0) is 31.0 Å². The van der Waals surface area contributed by atoms with Crippen molar-refractivity contribution in [2.75, 3.05) is 13.1 Å². The maximum atomic E-state index is 13.5. The summed E-state index contributed by atoms with van der Waals surface area (Å²) in [5, 5.41) is 13.6. The summed E-state index contributed by atoms with van der Waals surface area (Å²) in [4.78, 5) is 9.31. The van der Waals surface area contributed by atoms with E-state index >= 15 is 0 Å². The number of rotatable bonds is 4. The highest BCUT2D eigenvalue weighted by molar-refractivity contribution is 7.89. The molecule has 0 radical (unpaired) electrons. The molecule has 0 amide bonds. The van der Waals surface area contributed by atoms with Crippen molar-refractivity contribution in [3.05, 3.63) is 34.1 Å². The molecule has 1 heterocycles. The van der Waals surface area contributed by atoms with Crippen molar-refractivity contribution in [2.24, 2.45) is 11.8 Å². The Morgan fingerprint density at radius 3 is 2.55 bits per heavy atom. The summed E-state index contributed by atoms with van der Waals surface area (Å²) < 4.78 is 40.1. The Morgan fingerprint density at radius 2 is 2.00 bits per heavy atom. The van der Waals surface area contributed by atoms with Gasteiger partial charge in [0.25, 0.3) is 0 Å². The quantitative estimate of drug-likeness (QED) is 0.612. The van der Waals surface area contributed by atoms with Crippen LogP contribution in [0.2, 0.25) is 0 Å². The lowest BCUT2D eigenvalue weighted by atomic mass is 10.3. The minimum absolute atomic E-state index is 0.125. The number of piperidine rings is 1. The Bertz CT molecular complexity index is 668. The first-order valence-electron chi connectivity index (χ1n) is 6.07. The molecule has 1 aliphatic carbocycles. The molecule has 0 bridgehead atoms. The topological polar surface area (TPSA) is 101 Å². The number of hydrogen-bond donors (Lipinski definition) is 2. The Balaban J connectivity index is 1.81. The third-order valence-electron chi connectivity index (χ3n) is 3.81. The lowest BCUT2D eigenvalue weighted by Gasteiger charge is -2.09. The van der Waals surface area contributed by atoms with E-state index < -0.39 is 26.5 Å². The molecule has 1 saturated heterocycles. The molecule has 7 nitrogen and oxygen atoms in total. The van der Waals surface area contributed by atoms with E-state index in [9.17, 15) is 22.9 Å². The molecule has 1 aromatic carbocycles. The fourth-order valence-electron chi connectivity index (χ4n) is 2.64. The van der Waals surface area contributed by atoms with Crippen LogP contribution in [-0.4, -0.2) is 32.5 Å².